The van der Waals surface area contributed by atoms with Crippen molar-refractivity contribution in [2.75, 3.05) is 37.6 Å². The topological polar surface area (TPSA) is 54.5 Å². The van der Waals surface area contributed by atoms with Gasteiger partial charge < -0.3 is 20.1 Å². The van der Waals surface area contributed by atoms with Gasteiger partial charge in [-0.15, -0.1) is 0 Å². The average Bonchev–Trinajstić information content (AvgIpc) is 3.41. The van der Waals surface area contributed by atoms with Crippen LogP contribution in [0, 0.1) is 6.92 Å². The number of anilines is 1. The summed E-state index contributed by atoms with van der Waals surface area (Å²) < 4.78 is 2.38. The lowest BCUT2D eigenvalue weighted by Crippen LogP contribution is -2.33. The quantitative estimate of drug-likeness (QED) is 0.676. The molecule has 168 valence electrons. The molecule has 1 aromatic carbocycles. The van der Waals surface area contributed by atoms with E-state index >= 15 is 0 Å². The number of rotatable bonds is 8. The average molecular weight is 423 g/mol. The molecule has 3 heterocycles. The van der Waals surface area contributed by atoms with Crippen LogP contribution in [-0.2, 0) is 13.0 Å². The number of aromatic nitrogens is 1. The standard InChI is InChI=1S/C26H38N4O/c1-3-9-23-25(21-10-12-22(13-11-21)29-16-7-8-17-29)24(26(27)31)20(2)30(23)19-18-28-14-5-4-6-15-28/h10-13H,3-9,14-19H2,1-2H3,(H2,27,31). The van der Waals surface area contributed by atoms with Crippen LogP contribution in [0.25, 0.3) is 11.1 Å². The van der Waals surface area contributed by atoms with E-state index in [9.17, 15) is 4.79 Å². The molecule has 0 saturated carbocycles. The minimum atomic E-state index is -0.315. The lowest BCUT2D eigenvalue weighted by Gasteiger charge is -2.27. The first kappa shape index (κ1) is 21.9. The molecule has 0 bridgehead atoms. The predicted octanol–water partition coefficient (Wildman–Crippen LogP) is 4.60. The first-order valence-corrected chi connectivity index (χ1v) is 12.2. The number of benzene rings is 1. The summed E-state index contributed by atoms with van der Waals surface area (Å²) in [5, 5.41) is 0. The van der Waals surface area contributed by atoms with Crippen LogP contribution in [0.4, 0.5) is 5.69 Å². The van der Waals surface area contributed by atoms with Crippen molar-refractivity contribution in [3.8, 4) is 11.1 Å². The monoisotopic (exact) mass is 422 g/mol. The van der Waals surface area contributed by atoms with Gasteiger partial charge in [0.15, 0.2) is 0 Å². The van der Waals surface area contributed by atoms with Crippen LogP contribution >= 0.6 is 0 Å². The Kier molecular flexibility index (Phi) is 7.01. The fourth-order valence-corrected chi connectivity index (χ4v) is 5.45. The van der Waals surface area contributed by atoms with Crippen molar-refractivity contribution in [1.82, 2.24) is 9.47 Å². The summed E-state index contributed by atoms with van der Waals surface area (Å²) in [6.45, 7) is 10.9. The molecule has 5 nitrogen and oxygen atoms in total. The van der Waals surface area contributed by atoms with E-state index in [1.54, 1.807) is 0 Å². The number of carbonyl (C=O) groups is 1. The van der Waals surface area contributed by atoms with Gasteiger partial charge in [0.05, 0.1) is 5.56 Å². The Morgan fingerprint density at radius 1 is 0.935 bits per heavy atom. The van der Waals surface area contributed by atoms with E-state index in [1.807, 2.05) is 0 Å². The van der Waals surface area contributed by atoms with Crippen molar-refractivity contribution in [2.24, 2.45) is 5.73 Å². The normalized spacial score (nSPS) is 17.4. The maximum absolute atomic E-state index is 12.6. The maximum Gasteiger partial charge on any atom is 0.251 e. The van der Waals surface area contributed by atoms with Crippen molar-refractivity contribution >= 4 is 11.6 Å². The van der Waals surface area contributed by atoms with Gasteiger partial charge in [-0.2, -0.15) is 0 Å². The number of nitrogens with two attached hydrogens (primary N) is 1. The number of nitrogens with zero attached hydrogens (tertiary/aromatic N) is 3. The van der Waals surface area contributed by atoms with E-state index < -0.39 is 0 Å². The van der Waals surface area contributed by atoms with Gasteiger partial charge in [-0.25, -0.2) is 0 Å². The molecule has 2 aromatic rings. The number of carbonyl (C=O) groups excluding carboxylic acids is 1. The van der Waals surface area contributed by atoms with Crippen LogP contribution in [-0.4, -0.2) is 48.1 Å². The van der Waals surface area contributed by atoms with E-state index in [0.717, 1.165) is 55.8 Å². The highest BCUT2D eigenvalue weighted by Gasteiger charge is 2.25. The Hall–Kier alpha value is -2.27. The van der Waals surface area contributed by atoms with Crippen molar-refractivity contribution in [1.29, 1.82) is 0 Å². The van der Waals surface area contributed by atoms with Crippen molar-refractivity contribution in [3.63, 3.8) is 0 Å². The number of piperidine rings is 1. The minimum absolute atomic E-state index is 0.315. The first-order valence-electron chi connectivity index (χ1n) is 12.2. The Balaban J connectivity index is 1.68. The highest BCUT2D eigenvalue weighted by Crippen LogP contribution is 2.35. The molecule has 5 heteroatoms. The van der Waals surface area contributed by atoms with Gasteiger partial charge >= 0.3 is 0 Å². The summed E-state index contributed by atoms with van der Waals surface area (Å²) in [7, 11) is 0. The fraction of sp³-hybridized carbons (Fsp3) is 0.577. The van der Waals surface area contributed by atoms with Gasteiger partial charge in [-0.3, -0.25) is 4.79 Å². The van der Waals surface area contributed by atoms with Crippen LogP contribution in [0.2, 0.25) is 0 Å². The summed E-state index contributed by atoms with van der Waals surface area (Å²) in [4.78, 5) is 17.6. The zero-order valence-corrected chi connectivity index (χ0v) is 19.3. The summed E-state index contributed by atoms with van der Waals surface area (Å²) in [6.07, 6.45) is 8.49. The van der Waals surface area contributed by atoms with E-state index in [-0.39, 0.29) is 5.91 Å². The second-order valence-corrected chi connectivity index (χ2v) is 9.19. The predicted molar refractivity (Wildman–Crippen MR) is 129 cm³/mol. The Labute approximate surface area is 187 Å². The highest BCUT2D eigenvalue weighted by atomic mass is 16.1. The smallest absolute Gasteiger partial charge is 0.251 e. The molecule has 2 saturated heterocycles. The molecule has 1 aromatic heterocycles. The van der Waals surface area contributed by atoms with Gasteiger partial charge in [0.2, 0.25) is 0 Å². The first-order chi connectivity index (χ1) is 15.1. The van der Waals surface area contributed by atoms with E-state index in [1.165, 1.54) is 56.6 Å². The third-order valence-electron chi connectivity index (χ3n) is 7.08. The summed E-state index contributed by atoms with van der Waals surface area (Å²) in [5.41, 5.74) is 12.4. The van der Waals surface area contributed by atoms with Crippen LogP contribution < -0.4 is 10.6 Å². The Bertz CT molecular complexity index is 887. The highest BCUT2D eigenvalue weighted by molar-refractivity contribution is 6.02. The largest absolute Gasteiger partial charge is 0.372 e. The second-order valence-electron chi connectivity index (χ2n) is 9.19. The summed E-state index contributed by atoms with van der Waals surface area (Å²) in [5.74, 6) is -0.315. The number of hydrogen-bond acceptors (Lipinski definition) is 3. The molecule has 2 N–H and O–H groups in total. The third kappa shape index (κ3) is 4.67. The Morgan fingerprint density at radius 2 is 1.58 bits per heavy atom. The molecule has 1 amide bonds. The lowest BCUT2D eigenvalue weighted by molar-refractivity contribution is 0.1000. The molecule has 2 fully saturated rings. The lowest BCUT2D eigenvalue weighted by atomic mass is 9.97. The molecule has 0 atom stereocenters. The van der Waals surface area contributed by atoms with Gasteiger partial charge in [0, 0.05) is 48.8 Å². The van der Waals surface area contributed by atoms with Crippen molar-refractivity contribution in [3.05, 3.63) is 41.2 Å². The molecule has 0 unspecified atom stereocenters. The zero-order chi connectivity index (χ0) is 21.8. The molecule has 4 rings (SSSR count). The molecular formula is C26H38N4O. The van der Waals surface area contributed by atoms with Crippen LogP contribution in [0.15, 0.2) is 24.3 Å². The molecule has 0 spiro atoms. The molecular weight excluding hydrogens is 384 g/mol. The number of primary amides is 1. The molecule has 0 aliphatic carbocycles. The summed E-state index contributed by atoms with van der Waals surface area (Å²) in [6, 6.07) is 8.79. The van der Waals surface area contributed by atoms with E-state index in [2.05, 4.69) is 52.5 Å². The molecule has 2 aliphatic heterocycles. The van der Waals surface area contributed by atoms with Gasteiger partial charge in [0.1, 0.15) is 0 Å². The molecule has 31 heavy (non-hydrogen) atoms. The fourth-order valence-electron chi connectivity index (χ4n) is 5.45. The Morgan fingerprint density at radius 3 is 2.19 bits per heavy atom. The van der Waals surface area contributed by atoms with E-state index in [4.69, 9.17) is 5.73 Å². The second kappa shape index (κ2) is 9.90. The van der Waals surface area contributed by atoms with Crippen molar-refractivity contribution in [2.45, 2.75) is 65.3 Å². The zero-order valence-electron chi connectivity index (χ0n) is 19.3. The van der Waals surface area contributed by atoms with Crippen LogP contribution in [0.1, 0.15) is 67.2 Å². The third-order valence-corrected chi connectivity index (χ3v) is 7.08. The van der Waals surface area contributed by atoms with Gasteiger partial charge in [-0.05, 0) is 69.8 Å². The SMILES string of the molecule is CCCc1c(-c2ccc(N3CCCC3)cc2)c(C(N)=O)c(C)n1CCN1CCCCC1. The van der Waals surface area contributed by atoms with Crippen LogP contribution in [0.3, 0.4) is 0 Å². The minimum Gasteiger partial charge on any atom is -0.372 e. The molecule has 2 aliphatic rings. The van der Waals surface area contributed by atoms with Crippen molar-refractivity contribution < 1.29 is 4.79 Å². The van der Waals surface area contributed by atoms with Gasteiger partial charge in [-0.1, -0.05) is 31.9 Å². The number of hydrogen-bond donors (Lipinski definition) is 1. The summed E-state index contributed by atoms with van der Waals surface area (Å²) >= 11 is 0. The number of likely N-dealkylation sites (tertiary alicyclic amines) is 1. The maximum atomic E-state index is 12.6. The van der Waals surface area contributed by atoms with E-state index in [0.29, 0.717) is 5.56 Å². The number of amides is 1. The van der Waals surface area contributed by atoms with Gasteiger partial charge in [0.25, 0.3) is 5.91 Å². The van der Waals surface area contributed by atoms with Crippen LogP contribution in [0.5, 0.6) is 0 Å². The molecule has 0 radical (unpaired) electrons.